The molecule has 1 aliphatic rings. The number of fused-ring (bicyclic) bond motifs is 1. The van der Waals surface area contributed by atoms with Crippen LogP contribution in [-0.2, 0) is 4.84 Å². The smallest absolute Gasteiger partial charge is 0.433 e. The number of amides is 1. The van der Waals surface area contributed by atoms with Crippen LogP contribution < -0.4 is 14.8 Å². The highest BCUT2D eigenvalue weighted by atomic mass is 16.7. The summed E-state index contributed by atoms with van der Waals surface area (Å²) < 4.78 is 10.7. The number of carbonyl (C=O) groups is 1. The summed E-state index contributed by atoms with van der Waals surface area (Å²) >= 11 is 0. The highest BCUT2D eigenvalue weighted by Crippen LogP contribution is 2.29. The monoisotopic (exact) mass is 264 g/mol. The van der Waals surface area contributed by atoms with Crippen LogP contribution in [0.3, 0.4) is 0 Å². The number of carbonyl (C=O) groups excluding carboxylic acids is 1. The van der Waals surface area contributed by atoms with Gasteiger partial charge in [-0.1, -0.05) is 5.16 Å². The number of methoxy groups -OCH3 is 1. The van der Waals surface area contributed by atoms with Gasteiger partial charge < -0.3 is 14.8 Å². The molecule has 0 spiro atoms. The summed E-state index contributed by atoms with van der Waals surface area (Å²) in [5.74, 6) is 1.42. The second-order valence-corrected chi connectivity index (χ2v) is 3.91. The minimum atomic E-state index is -0.564. The Morgan fingerprint density at radius 2 is 2.37 bits per heavy atom. The van der Waals surface area contributed by atoms with Crippen molar-refractivity contribution >= 4 is 11.8 Å². The molecule has 1 heterocycles. The van der Waals surface area contributed by atoms with Crippen LogP contribution in [0.15, 0.2) is 23.4 Å². The number of hydrogen-bond acceptors (Lipinski definition) is 5. The molecule has 1 aromatic rings. The Kier molecular flexibility index (Phi) is 4.22. The molecule has 2 rings (SSSR count). The molecule has 0 saturated heterocycles. The lowest BCUT2D eigenvalue weighted by Crippen LogP contribution is -2.23. The molecule has 0 radical (unpaired) electrons. The van der Waals surface area contributed by atoms with Crippen molar-refractivity contribution in [2.45, 2.75) is 13.3 Å². The van der Waals surface area contributed by atoms with Crippen molar-refractivity contribution in [3.8, 4) is 11.5 Å². The molecule has 0 aromatic heterocycles. The van der Waals surface area contributed by atoms with Crippen LogP contribution in [-0.4, -0.2) is 32.1 Å². The fourth-order valence-electron chi connectivity index (χ4n) is 1.75. The third-order valence-corrected chi connectivity index (χ3v) is 2.65. The quantitative estimate of drug-likeness (QED) is 0.669. The van der Waals surface area contributed by atoms with Gasteiger partial charge in [-0.2, -0.15) is 0 Å². The maximum absolute atomic E-state index is 11.2. The Bertz CT molecular complexity index is 499. The maximum Gasteiger partial charge on any atom is 0.433 e. The topological polar surface area (TPSA) is 69.2 Å². The van der Waals surface area contributed by atoms with Gasteiger partial charge in [-0.3, -0.25) is 4.84 Å². The number of rotatable bonds is 3. The van der Waals surface area contributed by atoms with E-state index in [-0.39, 0.29) is 0 Å². The maximum atomic E-state index is 11.2. The van der Waals surface area contributed by atoms with E-state index in [0.29, 0.717) is 36.8 Å². The molecular weight excluding hydrogens is 248 g/mol. The lowest BCUT2D eigenvalue weighted by molar-refractivity contribution is 0.150. The molecule has 6 nitrogen and oxygen atoms in total. The summed E-state index contributed by atoms with van der Waals surface area (Å²) in [5, 5.41) is 6.39. The third kappa shape index (κ3) is 3.15. The number of nitrogens with one attached hydrogen (secondary N) is 1. The molecule has 1 amide bonds. The molecule has 6 heteroatoms. The van der Waals surface area contributed by atoms with E-state index >= 15 is 0 Å². The van der Waals surface area contributed by atoms with Crippen LogP contribution in [0.2, 0.25) is 0 Å². The zero-order chi connectivity index (χ0) is 13.7. The Morgan fingerprint density at radius 3 is 3.11 bits per heavy atom. The lowest BCUT2D eigenvalue weighted by atomic mass is 10.0. The summed E-state index contributed by atoms with van der Waals surface area (Å²) in [6, 6.07) is 5.44. The van der Waals surface area contributed by atoms with E-state index in [4.69, 9.17) is 14.3 Å². The predicted octanol–water partition coefficient (Wildman–Crippen LogP) is 1.93. The zero-order valence-corrected chi connectivity index (χ0v) is 10.9. The van der Waals surface area contributed by atoms with Crippen LogP contribution in [0, 0.1) is 0 Å². The van der Waals surface area contributed by atoms with Gasteiger partial charge >= 0.3 is 6.09 Å². The fraction of sp³-hybridized carbons (Fsp3) is 0.385. The Hall–Kier alpha value is -2.24. The average Bonchev–Trinajstić information content (AvgIpc) is 2.44. The van der Waals surface area contributed by atoms with E-state index in [1.807, 2.05) is 25.1 Å². The number of nitrogens with zero attached hydrogens (tertiary/aromatic N) is 1. The second-order valence-electron chi connectivity index (χ2n) is 3.91. The average molecular weight is 264 g/mol. The molecule has 0 bridgehead atoms. The lowest BCUT2D eigenvalue weighted by Gasteiger charge is -2.19. The van der Waals surface area contributed by atoms with Crippen molar-refractivity contribution in [1.82, 2.24) is 5.32 Å². The van der Waals surface area contributed by atoms with E-state index in [9.17, 15) is 4.79 Å². The van der Waals surface area contributed by atoms with Crippen molar-refractivity contribution < 1.29 is 19.1 Å². The minimum absolute atomic E-state index is 0.497. The molecule has 102 valence electrons. The highest BCUT2D eigenvalue weighted by Gasteiger charge is 2.18. The van der Waals surface area contributed by atoms with Gasteiger partial charge in [-0.15, -0.1) is 0 Å². The highest BCUT2D eigenvalue weighted by molar-refractivity contribution is 6.04. The van der Waals surface area contributed by atoms with E-state index in [1.54, 1.807) is 7.11 Å². The molecule has 1 aromatic carbocycles. The second kappa shape index (κ2) is 6.08. The van der Waals surface area contributed by atoms with Gasteiger partial charge in [0.15, 0.2) is 0 Å². The third-order valence-electron chi connectivity index (χ3n) is 2.65. The Morgan fingerprint density at radius 1 is 1.53 bits per heavy atom. The van der Waals surface area contributed by atoms with Crippen LogP contribution in [0.5, 0.6) is 11.5 Å². The van der Waals surface area contributed by atoms with Gasteiger partial charge in [0, 0.05) is 18.5 Å². The van der Waals surface area contributed by atoms with Crippen LogP contribution in [0.1, 0.15) is 18.9 Å². The number of benzene rings is 1. The van der Waals surface area contributed by atoms with Crippen LogP contribution in [0.4, 0.5) is 4.79 Å². The van der Waals surface area contributed by atoms with Crippen molar-refractivity contribution in [2.75, 3.05) is 20.3 Å². The molecule has 0 atom stereocenters. The van der Waals surface area contributed by atoms with Gasteiger partial charge in [0.1, 0.15) is 11.5 Å². The first-order valence-electron chi connectivity index (χ1n) is 6.07. The van der Waals surface area contributed by atoms with Crippen molar-refractivity contribution in [1.29, 1.82) is 0 Å². The van der Waals surface area contributed by atoms with E-state index in [0.717, 1.165) is 5.56 Å². The molecule has 19 heavy (non-hydrogen) atoms. The largest absolute Gasteiger partial charge is 0.497 e. The SMILES string of the molecule is CCNC(=O)O/N=C1\CCOc2ccc(OC)cc21. The molecule has 0 saturated carbocycles. The fourth-order valence-corrected chi connectivity index (χ4v) is 1.75. The van der Waals surface area contributed by atoms with Gasteiger partial charge in [-0.25, -0.2) is 4.79 Å². The summed E-state index contributed by atoms with van der Waals surface area (Å²) in [7, 11) is 1.59. The van der Waals surface area contributed by atoms with Gasteiger partial charge in [-0.05, 0) is 25.1 Å². The number of oxime groups is 1. The summed E-state index contributed by atoms with van der Waals surface area (Å²) in [4.78, 5) is 16.0. The molecule has 1 N–H and O–H groups in total. The first-order chi connectivity index (χ1) is 9.24. The van der Waals surface area contributed by atoms with Crippen LogP contribution in [0.25, 0.3) is 0 Å². The number of ether oxygens (including phenoxy) is 2. The van der Waals surface area contributed by atoms with Gasteiger partial charge in [0.25, 0.3) is 0 Å². The van der Waals surface area contributed by atoms with E-state index in [1.165, 1.54) is 0 Å². The molecule has 0 fully saturated rings. The molecule has 0 unspecified atom stereocenters. The predicted molar refractivity (Wildman–Crippen MR) is 69.8 cm³/mol. The first-order valence-corrected chi connectivity index (χ1v) is 6.07. The Balaban J connectivity index is 2.20. The van der Waals surface area contributed by atoms with E-state index in [2.05, 4.69) is 10.5 Å². The molecule has 1 aliphatic heterocycles. The Labute approximate surface area is 111 Å². The van der Waals surface area contributed by atoms with Crippen LogP contribution >= 0.6 is 0 Å². The summed E-state index contributed by atoms with van der Waals surface area (Å²) in [5.41, 5.74) is 1.46. The standard InChI is InChI=1S/C13H16N2O4/c1-3-14-13(16)19-15-11-6-7-18-12-5-4-9(17-2)8-10(11)12/h4-5,8H,3,6-7H2,1-2H3,(H,14,16)/b15-11+. The molecule has 0 aliphatic carbocycles. The van der Waals surface area contributed by atoms with Gasteiger partial charge in [0.2, 0.25) is 0 Å². The van der Waals surface area contributed by atoms with E-state index < -0.39 is 6.09 Å². The van der Waals surface area contributed by atoms with Gasteiger partial charge in [0.05, 0.1) is 19.4 Å². The number of hydrogen-bond donors (Lipinski definition) is 1. The minimum Gasteiger partial charge on any atom is -0.497 e. The summed E-state index contributed by atoms with van der Waals surface area (Å²) in [6.45, 7) is 2.82. The van der Waals surface area contributed by atoms with Crippen molar-refractivity contribution in [3.63, 3.8) is 0 Å². The zero-order valence-electron chi connectivity index (χ0n) is 10.9. The first kappa shape index (κ1) is 13.2. The normalized spacial score (nSPS) is 15.4. The van der Waals surface area contributed by atoms with Crippen molar-refractivity contribution in [2.24, 2.45) is 5.16 Å². The van der Waals surface area contributed by atoms with Crippen molar-refractivity contribution in [3.05, 3.63) is 23.8 Å². The summed E-state index contributed by atoms with van der Waals surface area (Å²) in [6.07, 6.45) is 0.0190. The molecular formula is C13H16N2O4.